The highest BCUT2D eigenvalue weighted by atomic mass is 16.1. The first-order chi connectivity index (χ1) is 7.69. The van der Waals surface area contributed by atoms with Crippen molar-refractivity contribution in [2.45, 2.75) is 19.8 Å². The lowest BCUT2D eigenvalue weighted by atomic mass is 9.98. The first-order valence-electron chi connectivity index (χ1n) is 5.66. The number of hydrogen-bond donors (Lipinski definition) is 1. The van der Waals surface area contributed by atoms with Crippen LogP contribution in [0.5, 0.6) is 0 Å². The Labute approximate surface area is 97.2 Å². The van der Waals surface area contributed by atoms with Gasteiger partial charge in [-0.1, -0.05) is 38.1 Å². The minimum Gasteiger partial charge on any atom is -0.369 e. The maximum Gasteiger partial charge on any atom is 0.226 e. The summed E-state index contributed by atoms with van der Waals surface area (Å²) in [6, 6.07) is 10.4. The van der Waals surface area contributed by atoms with Crippen molar-refractivity contribution in [2.24, 2.45) is 5.73 Å². The van der Waals surface area contributed by atoms with Crippen LogP contribution in [0, 0.1) is 6.07 Å². The lowest BCUT2D eigenvalue weighted by Crippen LogP contribution is -2.34. The molecule has 1 amide bonds. The Morgan fingerprint density at radius 2 is 1.94 bits per heavy atom. The Kier molecular flexibility index (Phi) is 4.99. The lowest BCUT2D eigenvalue weighted by Gasteiger charge is -2.23. The molecule has 1 unspecified atom stereocenters. The summed E-state index contributed by atoms with van der Waals surface area (Å²) in [4.78, 5) is 13.7. The summed E-state index contributed by atoms with van der Waals surface area (Å²) in [5.41, 5.74) is 6.42. The minimum absolute atomic E-state index is 0.227. The molecule has 3 nitrogen and oxygen atoms in total. The van der Waals surface area contributed by atoms with E-state index in [0.29, 0.717) is 6.54 Å². The normalized spacial score (nSPS) is 12.7. The Morgan fingerprint density at radius 3 is 2.38 bits per heavy atom. The molecule has 0 aliphatic heterocycles. The third-order valence-corrected chi connectivity index (χ3v) is 2.83. The number of benzene rings is 1. The van der Waals surface area contributed by atoms with Crippen molar-refractivity contribution in [1.82, 2.24) is 4.90 Å². The van der Waals surface area contributed by atoms with Crippen LogP contribution < -0.4 is 5.73 Å². The predicted molar refractivity (Wildman–Crippen MR) is 65.0 cm³/mol. The van der Waals surface area contributed by atoms with E-state index < -0.39 is 0 Å². The number of carbonyl (C=O) groups excluding carboxylic acids is 1. The van der Waals surface area contributed by atoms with Gasteiger partial charge in [-0.2, -0.15) is 0 Å². The molecule has 0 spiro atoms. The van der Waals surface area contributed by atoms with Crippen LogP contribution >= 0.6 is 0 Å². The molecule has 1 aromatic carbocycles. The van der Waals surface area contributed by atoms with E-state index in [-0.39, 0.29) is 11.8 Å². The molecule has 3 heteroatoms. The fourth-order valence-electron chi connectivity index (χ4n) is 1.73. The summed E-state index contributed by atoms with van der Waals surface area (Å²) < 4.78 is 0. The molecule has 16 heavy (non-hydrogen) atoms. The van der Waals surface area contributed by atoms with Crippen molar-refractivity contribution in [3.8, 4) is 0 Å². The Bertz CT molecular complexity index is 320. The van der Waals surface area contributed by atoms with E-state index >= 15 is 0 Å². The van der Waals surface area contributed by atoms with Crippen LogP contribution in [0.4, 0.5) is 0 Å². The van der Waals surface area contributed by atoms with Crippen LogP contribution in [0.15, 0.2) is 24.3 Å². The number of amides is 1. The summed E-state index contributed by atoms with van der Waals surface area (Å²) in [5.74, 6) is -0.493. The Hall–Kier alpha value is -1.35. The summed E-state index contributed by atoms with van der Waals surface area (Å²) in [6.45, 7) is 6.71. The maximum absolute atomic E-state index is 11.5. The topological polar surface area (TPSA) is 46.3 Å². The monoisotopic (exact) mass is 219 g/mol. The number of rotatable bonds is 6. The van der Waals surface area contributed by atoms with Gasteiger partial charge in [-0.3, -0.25) is 4.79 Å². The van der Waals surface area contributed by atoms with Gasteiger partial charge in [-0.25, -0.2) is 0 Å². The zero-order valence-corrected chi connectivity index (χ0v) is 9.94. The van der Waals surface area contributed by atoms with Gasteiger partial charge >= 0.3 is 0 Å². The second-order valence-electron chi connectivity index (χ2n) is 3.77. The molecule has 87 valence electrons. The van der Waals surface area contributed by atoms with Gasteiger partial charge in [0.25, 0.3) is 0 Å². The first-order valence-corrected chi connectivity index (χ1v) is 5.66. The highest BCUT2D eigenvalue weighted by Crippen LogP contribution is 2.16. The highest BCUT2D eigenvalue weighted by Gasteiger charge is 2.19. The number of hydrogen-bond acceptors (Lipinski definition) is 2. The van der Waals surface area contributed by atoms with Gasteiger partial charge in [-0.05, 0) is 24.7 Å². The zero-order valence-electron chi connectivity index (χ0n) is 9.94. The van der Waals surface area contributed by atoms with Crippen LogP contribution in [-0.4, -0.2) is 30.4 Å². The smallest absolute Gasteiger partial charge is 0.226 e. The standard InChI is InChI=1S/C13H19N2O/c1-3-15(4-2)10-12(13(14)16)11-8-6-5-7-9-11/h6-9,12H,3-4,10H2,1-2H3,(H2,14,16). The first kappa shape index (κ1) is 12.7. The predicted octanol–water partition coefficient (Wildman–Crippen LogP) is 1.40. The van der Waals surface area contributed by atoms with E-state index in [0.717, 1.165) is 18.7 Å². The van der Waals surface area contributed by atoms with E-state index in [1.807, 2.05) is 24.3 Å². The van der Waals surface area contributed by atoms with E-state index in [2.05, 4.69) is 24.8 Å². The molecule has 1 rings (SSSR count). The molecule has 0 bridgehead atoms. The van der Waals surface area contributed by atoms with Gasteiger partial charge in [0.1, 0.15) is 0 Å². The summed E-state index contributed by atoms with van der Waals surface area (Å²) in [5, 5.41) is 0. The number of primary amides is 1. The molecular weight excluding hydrogens is 200 g/mol. The van der Waals surface area contributed by atoms with Gasteiger partial charge in [0.15, 0.2) is 0 Å². The molecule has 0 heterocycles. The SMILES string of the molecule is CCN(CC)CC(C(N)=O)c1cc[c]cc1. The molecule has 1 atom stereocenters. The van der Waals surface area contributed by atoms with E-state index in [9.17, 15) is 4.79 Å². The van der Waals surface area contributed by atoms with Gasteiger partial charge in [0, 0.05) is 6.54 Å². The van der Waals surface area contributed by atoms with E-state index in [1.54, 1.807) is 0 Å². The van der Waals surface area contributed by atoms with Crippen molar-refractivity contribution in [1.29, 1.82) is 0 Å². The second kappa shape index (κ2) is 6.28. The lowest BCUT2D eigenvalue weighted by molar-refractivity contribution is -0.119. The van der Waals surface area contributed by atoms with Crippen LogP contribution in [0.1, 0.15) is 25.3 Å². The quantitative estimate of drug-likeness (QED) is 0.786. The number of nitrogens with two attached hydrogens (primary N) is 1. The number of likely N-dealkylation sites (N-methyl/N-ethyl adjacent to an activating group) is 1. The Balaban J connectivity index is 2.80. The van der Waals surface area contributed by atoms with Crippen molar-refractivity contribution in [3.05, 3.63) is 35.9 Å². The Morgan fingerprint density at radius 1 is 1.38 bits per heavy atom. The average molecular weight is 219 g/mol. The van der Waals surface area contributed by atoms with Gasteiger partial charge < -0.3 is 10.6 Å². The second-order valence-corrected chi connectivity index (χ2v) is 3.77. The van der Waals surface area contributed by atoms with Crippen LogP contribution in [0.25, 0.3) is 0 Å². The van der Waals surface area contributed by atoms with Crippen LogP contribution in [-0.2, 0) is 4.79 Å². The van der Waals surface area contributed by atoms with Crippen LogP contribution in [0.3, 0.4) is 0 Å². The van der Waals surface area contributed by atoms with Gasteiger partial charge in [-0.15, -0.1) is 0 Å². The number of nitrogens with zero attached hydrogens (tertiary/aromatic N) is 1. The number of carbonyl (C=O) groups is 1. The largest absolute Gasteiger partial charge is 0.369 e. The zero-order chi connectivity index (χ0) is 12.0. The maximum atomic E-state index is 11.5. The van der Waals surface area contributed by atoms with Crippen molar-refractivity contribution < 1.29 is 4.79 Å². The van der Waals surface area contributed by atoms with Gasteiger partial charge in [0.2, 0.25) is 5.91 Å². The molecular formula is C13H19N2O. The van der Waals surface area contributed by atoms with Gasteiger partial charge in [0.05, 0.1) is 5.92 Å². The summed E-state index contributed by atoms with van der Waals surface area (Å²) >= 11 is 0. The molecule has 0 aliphatic carbocycles. The van der Waals surface area contributed by atoms with E-state index in [4.69, 9.17) is 5.73 Å². The molecule has 0 aliphatic rings. The molecule has 0 aromatic heterocycles. The third-order valence-electron chi connectivity index (χ3n) is 2.83. The molecule has 1 radical (unpaired) electrons. The molecule has 1 aromatic rings. The summed E-state index contributed by atoms with van der Waals surface area (Å²) in [7, 11) is 0. The molecule has 2 N–H and O–H groups in total. The molecule has 0 saturated heterocycles. The van der Waals surface area contributed by atoms with Crippen LogP contribution in [0.2, 0.25) is 0 Å². The highest BCUT2D eigenvalue weighted by molar-refractivity contribution is 5.82. The molecule has 0 saturated carbocycles. The third kappa shape index (κ3) is 3.35. The van der Waals surface area contributed by atoms with Crippen molar-refractivity contribution in [3.63, 3.8) is 0 Å². The van der Waals surface area contributed by atoms with Crippen molar-refractivity contribution >= 4 is 5.91 Å². The average Bonchev–Trinajstić information content (AvgIpc) is 2.31. The molecule has 0 fully saturated rings. The fourth-order valence-corrected chi connectivity index (χ4v) is 1.73. The fraction of sp³-hybridized carbons (Fsp3) is 0.462. The van der Waals surface area contributed by atoms with E-state index in [1.165, 1.54) is 0 Å². The summed E-state index contributed by atoms with van der Waals surface area (Å²) in [6.07, 6.45) is 0. The minimum atomic E-state index is -0.266. The van der Waals surface area contributed by atoms with Crippen molar-refractivity contribution in [2.75, 3.05) is 19.6 Å².